The minimum Gasteiger partial charge on any atom is -0.467 e. The number of hydrogen-bond donors (Lipinski definition) is 0. The Morgan fingerprint density at radius 1 is 1.07 bits per heavy atom. The number of carbonyl (C=O) groups excluding carboxylic acids is 1. The minimum absolute atomic E-state index is 0.192. The maximum absolute atomic E-state index is 10.9. The van der Waals surface area contributed by atoms with Crippen LogP contribution < -0.4 is 4.74 Å². The van der Waals surface area contributed by atoms with Crippen molar-refractivity contribution in [1.29, 1.82) is 0 Å². The molecule has 1 spiro atoms. The number of para-hydroxylation sites is 1. The summed E-state index contributed by atoms with van der Waals surface area (Å²) in [6.07, 6.45) is 5.67. The number of ether oxygens (including phenoxy) is 2. The number of aldehydes is 1. The van der Waals surface area contributed by atoms with E-state index in [2.05, 4.69) is 34.5 Å². The maximum atomic E-state index is 10.9. The monoisotopic (exact) mass is 388 g/mol. The Morgan fingerprint density at radius 2 is 1.90 bits per heavy atom. The fraction of sp³-hybridized carbons (Fsp3) is 0.375. The molecule has 3 aromatic rings. The Hall–Kier alpha value is -2.79. The molecule has 2 aliphatic carbocycles. The fourth-order valence-corrected chi connectivity index (χ4v) is 5.07. The lowest BCUT2D eigenvalue weighted by molar-refractivity contribution is -0.123. The van der Waals surface area contributed by atoms with Crippen molar-refractivity contribution >= 4 is 17.2 Å². The third-order valence-corrected chi connectivity index (χ3v) is 6.52. The van der Waals surface area contributed by atoms with E-state index in [1.807, 2.05) is 24.3 Å². The largest absolute Gasteiger partial charge is 0.467 e. The molecule has 0 radical (unpaired) electrons. The van der Waals surface area contributed by atoms with E-state index in [4.69, 9.17) is 9.47 Å². The molecule has 2 aliphatic rings. The van der Waals surface area contributed by atoms with E-state index in [0.717, 1.165) is 47.0 Å². The van der Waals surface area contributed by atoms with E-state index < -0.39 is 0 Å². The molecule has 29 heavy (non-hydrogen) atoms. The summed E-state index contributed by atoms with van der Waals surface area (Å²) in [6.45, 7) is 0.192. The second kappa shape index (κ2) is 7.23. The number of hydrogen-bond acceptors (Lipinski definition) is 5. The summed E-state index contributed by atoms with van der Waals surface area (Å²) in [5, 5.41) is 10.0. The SMILES string of the molecule is COCOc1ccccc1-c1cc2ccc(C3CC4(CC(C=O)C4)C3)cc2nn1. The van der Waals surface area contributed by atoms with Gasteiger partial charge in [0, 0.05) is 24.0 Å². The van der Waals surface area contributed by atoms with Crippen molar-refractivity contribution in [2.24, 2.45) is 11.3 Å². The minimum atomic E-state index is 0.192. The average Bonchev–Trinajstić information content (AvgIpc) is 2.70. The van der Waals surface area contributed by atoms with Crippen LogP contribution in [-0.2, 0) is 9.53 Å². The predicted octanol–water partition coefficient (Wildman–Crippen LogP) is 4.75. The second-order valence-electron chi connectivity index (χ2n) is 8.50. The van der Waals surface area contributed by atoms with Crippen LogP contribution in [0.2, 0.25) is 0 Å². The molecule has 0 atom stereocenters. The first-order valence-electron chi connectivity index (χ1n) is 10.1. The van der Waals surface area contributed by atoms with Crippen LogP contribution in [0, 0.1) is 11.3 Å². The third-order valence-electron chi connectivity index (χ3n) is 6.52. The topological polar surface area (TPSA) is 61.3 Å². The molecule has 5 rings (SSSR count). The molecule has 2 fully saturated rings. The van der Waals surface area contributed by atoms with Crippen LogP contribution in [0.4, 0.5) is 0 Å². The van der Waals surface area contributed by atoms with E-state index in [9.17, 15) is 4.79 Å². The molecule has 0 bridgehead atoms. The molecular weight excluding hydrogens is 364 g/mol. The molecule has 2 saturated carbocycles. The first kappa shape index (κ1) is 18.3. The molecule has 5 heteroatoms. The average molecular weight is 388 g/mol. The first-order chi connectivity index (χ1) is 14.2. The number of aromatic nitrogens is 2. The van der Waals surface area contributed by atoms with Gasteiger partial charge < -0.3 is 14.3 Å². The molecular formula is C24H24N2O3. The van der Waals surface area contributed by atoms with Gasteiger partial charge in [-0.25, -0.2) is 0 Å². The second-order valence-corrected chi connectivity index (χ2v) is 8.50. The molecule has 5 nitrogen and oxygen atoms in total. The Labute approximate surface area is 170 Å². The standard InChI is InChI=1S/C24H24N2O3/c1-28-15-29-23-5-3-2-4-20(23)22-9-18-7-6-17(8-21(18)25-26-22)19-12-24(13-19)10-16(11-24)14-27/h2-9,14,16,19H,10-13,15H2,1H3. The van der Waals surface area contributed by atoms with Crippen molar-refractivity contribution in [3.63, 3.8) is 0 Å². The van der Waals surface area contributed by atoms with E-state index in [1.165, 1.54) is 18.4 Å². The van der Waals surface area contributed by atoms with Gasteiger partial charge in [0.1, 0.15) is 12.0 Å². The highest BCUT2D eigenvalue weighted by atomic mass is 16.7. The highest BCUT2D eigenvalue weighted by Gasteiger charge is 2.52. The number of carbonyl (C=O) groups is 1. The van der Waals surface area contributed by atoms with Gasteiger partial charge in [-0.05, 0) is 66.8 Å². The van der Waals surface area contributed by atoms with Crippen molar-refractivity contribution < 1.29 is 14.3 Å². The van der Waals surface area contributed by atoms with Gasteiger partial charge in [-0.1, -0.05) is 24.3 Å². The lowest BCUT2D eigenvalue weighted by Gasteiger charge is -2.57. The van der Waals surface area contributed by atoms with E-state index in [0.29, 0.717) is 17.3 Å². The number of methoxy groups -OCH3 is 1. The van der Waals surface area contributed by atoms with Gasteiger partial charge in [0.05, 0.1) is 11.2 Å². The van der Waals surface area contributed by atoms with Crippen molar-refractivity contribution in [2.75, 3.05) is 13.9 Å². The lowest BCUT2D eigenvalue weighted by atomic mass is 9.47. The van der Waals surface area contributed by atoms with Crippen LogP contribution in [0.5, 0.6) is 5.75 Å². The van der Waals surface area contributed by atoms with E-state index in [-0.39, 0.29) is 6.79 Å². The summed E-state index contributed by atoms with van der Waals surface area (Å²) in [5.41, 5.74) is 4.38. The highest BCUT2D eigenvalue weighted by Crippen LogP contribution is 2.63. The van der Waals surface area contributed by atoms with E-state index >= 15 is 0 Å². The summed E-state index contributed by atoms with van der Waals surface area (Å²) >= 11 is 0. The Kier molecular flexibility index (Phi) is 4.55. The van der Waals surface area contributed by atoms with Gasteiger partial charge in [-0.15, -0.1) is 10.2 Å². The number of fused-ring (bicyclic) bond motifs is 1. The first-order valence-corrected chi connectivity index (χ1v) is 10.1. The molecule has 1 heterocycles. The molecule has 0 unspecified atom stereocenters. The number of nitrogens with zero attached hydrogens (tertiary/aromatic N) is 2. The Morgan fingerprint density at radius 3 is 2.69 bits per heavy atom. The van der Waals surface area contributed by atoms with Crippen molar-refractivity contribution in [2.45, 2.75) is 31.6 Å². The van der Waals surface area contributed by atoms with Gasteiger partial charge in [0.15, 0.2) is 6.79 Å². The molecule has 1 aromatic heterocycles. The van der Waals surface area contributed by atoms with Crippen molar-refractivity contribution in [3.8, 4) is 17.0 Å². The number of rotatable bonds is 6. The molecule has 148 valence electrons. The zero-order valence-corrected chi connectivity index (χ0v) is 16.5. The van der Waals surface area contributed by atoms with Gasteiger partial charge in [-0.3, -0.25) is 0 Å². The Balaban J connectivity index is 1.36. The van der Waals surface area contributed by atoms with Crippen LogP contribution >= 0.6 is 0 Å². The smallest absolute Gasteiger partial charge is 0.188 e. The van der Waals surface area contributed by atoms with Crippen LogP contribution in [0.1, 0.15) is 37.2 Å². The van der Waals surface area contributed by atoms with E-state index in [1.54, 1.807) is 7.11 Å². The maximum Gasteiger partial charge on any atom is 0.188 e. The van der Waals surface area contributed by atoms with Gasteiger partial charge >= 0.3 is 0 Å². The predicted molar refractivity (Wildman–Crippen MR) is 111 cm³/mol. The summed E-state index contributed by atoms with van der Waals surface area (Å²) in [6, 6.07) is 16.4. The third kappa shape index (κ3) is 3.29. The lowest BCUT2D eigenvalue weighted by Crippen LogP contribution is -2.47. The summed E-state index contributed by atoms with van der Waals surface area (Å²) in [4.78, 5) is 10.9. The van der Waals surface area contributed by atoms with Crippen LogP contribution in [0.3, 0.4) is 0 Å². The quantitative estimate of drug-likeness (QED) is 0.450. The molecule has 0 aliphatic heterocycles. The van der Waals surface area contributed by atoms with Crippen molar-refractivity contribution in [1.82, 2.24) is 10.2 Å². The summed E-state index contributed by atoms with van der Waals surface area (Å²) in [7, 11) is 1.60. The van der Waals surface area contributed by atoms with Crippen molar-refractivity contribution in [3.05, 3.63) is 54.1 Å². The van der Waals surface area contributed by atoms with Crippen LogP contribution in [-0.4, -0.2) is 30.4 Å². The van der Waals surface area contributed by atoms with Gasteiger partial charge in [-0.2, -0.15) is 0 Å². The zero-order chi connectivity index (χ0) is 19.8. The Bertz CT molecular complexity index is 1050. The van der Waals surface area contributed by atoms with Crippen LogP contribution in [0.25, 0.3) is 22.2 Å². The van der Waals surface area contributed by atoms with Crippen LogP contribution in [0.15, 0.2) is 48.5 Å². The fourth-order valence-electron chi connectivity index (χ4n) is 5.07. The summed E-state index contributed by atoms with van der Waals surface area (Å²) in [5.74, 6) is 1.61. The number of benzene rings is 2. The highest BCUT2D eigenvalue weighted by molar-refractivity contribution is 5.83. The molecule has 0 N–H and O–H groups in total. The van der Waals surface area contributed by atoms with Gasteiger partial charge in [0.25, 0.3) is 0 Å². The summed E-state index contributed by atoms with van der Waals surface area (Å²) < 4.78 is 10.7. The normalized spacial score (nSPS) is 25.4. The molecule has 0 amide bonds. The molecule has 2 aromatic carbocycles. The zero-order valence-electron chi connectivity index (χ0n) is 16.5. The van der Waals surface area contributed by atoms with Gasteiger partial charge in [0.2, 0.25) is 0 Å². The molecule has 0 saturated heterocycles.